The summed E-state index contributed by atoms with van der Waals surface area (Å²) in [5.41, 5.74) is 8.92. The van der Waals surface area contributed by atoms with Crippen molar-refractivity contribution in [2.24, 2.45) is 23.5 Å². The highest BCUT2D eigenvalue weighted by atomic mass is 35.5. The topological polar surface area (TPSA) is 101 Å². The Morgan fingerprint density at radius 3 is 2.67 bits per heavy atom. The molecule has 5 rings (SSSR count). The average molecular weight is 485 g/mol. The first-order chi connectivity index (χ1) is 16.1. The summed E-state index contributed by atoms with van der Waals surface area (Å²) < 4.78 is 0. The summed E-state index contributed by atoms with van der Waals surface area (Å²) in [4.78, 5) is 22.0. The van der Waals surface area contributed by atoms with Gasteiger partial charge in [0.25, 0.3) is 0 Å². The van der Waals surface area contributed by atoms with Gasteiger partial charge in [0.05, 0.1) is 25.8 Å². The highest BCUT2D eigenvalue weighted by Crippen LogP contribution is 2.28. The van der Waals surface area contributed by atoms with E-state index in [0.29, 0.717) is 23.5 Å². The molecule has 6 atom stereocenters. The zero-order valence-electron chi connectivity index (χ0n) is 20.0. The van der Waals surface area contributed by atoms with Crippen molar-refractivity contribution in [3.8, 4) is 0 Å². The number of hydroxylamine groups is 1. The molecule has 4 heterocycles. The van der Waals surface area contributed by atoms with Gasteiger partial charge < -0.3 is 16.0 Å². The largest absolute Gasteiger partial charge is 0.369 e. The third-order valence-electron chi connectivity index (χ3n) is 9.29. The smallest absolute Gasteiger partial charge is 0.220 e. The minimum atomic E-state index is -0.127. The molecule has 33 heavy (non-hydrogen) atoms. The molecule has 7 N–H and O–H groups in total. The molecule has 5 unspecified atom stereocenters. The number of quaternary nitrogens is 2. The van der Waals surface area contributed by atoms with E-state index < -0.39 is 0 Å². The van der Waals surface area contributed by atoms with E-state index in [1.54, 1.807) is 4.90 Å². The van der Waals surface area contributed by atoms with Crippen molar-refractivity contribution < 1.29 is 19.8 Å². The molecule has 0 aromatic rings. The predicted octanol–water partition coefficient (Wildman–Crippen LogP) is -0.895. The van der Waals surface area contributed by atoms with Gasteiger partial charge in [-0.2, -0.15) is 5.48 Å². The lowest BCUT2D eigenvalue weighted by molar-refractivity contribution is -0.919. The van der Waals surface area contributed by atoms with Crippen LogP contribution in [0.4, 0.5) is 0 Å². The van der Waals surface area contributed by atoms with Gasteiger partial charge in [0.15, 0.2) is 6.23 Å². The number of likely N-dealkylation sites (tertiary alicyclic amines) is 2. The number of carbonyl (C=O) groups excluding carboxylic acids is 1. The quantitative estimate of drug-likeness (QED) is 0.315. The summed E-state index contributed by atoms with van der Waals surface area (Å²) in [5.74, 6) is 1.34. The summed E-state index contributed by atoms with van der Waals surface area (Å²) in [5, 5.41) is 6.75. The lowest BCUT2D eigenvalue weighted by Crippen LogP contribution is -3.15. The Morgan fingerprint density at radius 1 is 1.12 bits per heavy atom. The van der Waals surface area contributed by atoms with Crippen molar-refractivity contribution in [2.75, 3.05) is 32.7 Å². The number of halogens is 1. The Morgan fingerprint density at radius 2 is 1.91 bits per heavy atom. The number of hydrogen-bond donors (Lipinski definition) is 5. The standard InChI is InChI=1S/C24H43ClN6O2/c25-19-5-3-16(4-6-19)15-31-11-1-2-20(31)24-28-23(29-33-24)18-7-10-27-21(14-18)30-12-8-17(9-13-30)22(26)32/h16-21,23-24,27-29H,1-15H2,(H2,26,32)/p+2/t16?,18?,19?,20-,21?,23?,24?/m0/s1. The molecule has 0 spiro atoms. The maximum Gasteiger partial charge on any atom is 0.220 e. The fraction of sp³-hybridized carbons (Fsp3) is 0.958. The zero-order chi connectivity index (χ0) is 22.8. The van der Waals surface area contributed by atoms with E-state index in [9.17, 15) is 4.79 Å². The normalized spacial score (nSPS) is 43.7. The molecule has 4 aliphatic heterocycles. The number of primary amides is 1. The summed E-state index contributed by atoms with van der Waals surface area (Å²) in [7, 11) is 0. The van der Waals surface area contributed by atoms with Gasteiger partial charge in [0.2, 0.25) is 5.91 Å². The predicted molar refractivity (Wildman–Crippen MR) is 127 cm³/mol. The van der Waals surface area contributed by atoms with Crippen molar-refractivity contribution in [2.45, 2.75) is 94.2 Å². The summed E-state index contributed by atoms with van der Waals surface area (Å²) in [6.07, 6.45) is 12.6. The van der Waals surface area contributed by atoms with E-state index in [2.05, 4.69) is 21.0 Å². The van der Waals surface area contributed by atoms with E-state index in [1.807, 2.05) is 0 Å². The van der Waals surface area contributed by atoms with Gasteiger partial charge in [-0.1, -0.05) is 0 Å². The van der Waals surface area contributed by atoms with Crippen LogP contribution in [0.15, 0.2) is 0 Å². The Hall–Kier alpha value is -0.480. The number of nitrogens with one attached hydrogen (secondary N) is 3. The summed E-state index contributed by atoms with van der Waals surface area (Å²) in [6, 6.07) is 0.551. The molecule has 5 fully saturated rings. The number of carbonyl (C=O) groups is 1. The van der Waals surface area contributed by atoms with Gasteiger partial charge >= 0.3 is 0 Å². The molecule has 0 bridgehead atoms. The summed E-state index contributed by atoms with van der Waals surface area (Å²) in [6.45, 7) is 5.68. The Balaban J connectivity index is 1.10. The number of nitrogens with two attached hydrogens (primary N) is 2. The fourth-order valence-electron chi connectivity index (χ4n) is 7.22. The van der Waals surface area contributed by atoms with Crippen LogP contribution in [0.25, 0.3) is 0 Å². The minimum Gasteiger partial charge on any atom is -0.369 e. The number of amides is 1. The maximum absolute atomic E-state index is 11.5. The molecule has 5 aliphatic rings. The molecule has 1 saturated carbocycles. The number of rotatable bonds is 6. The fourth-order valence-corrected chi connectivity index (χ4v) is 7.47. The van der Waals surface area contributed by atoms with Crippen LogP contribution >= 0.6 is 11.6 Å². The van der Waals surface area contributed by atoms with E-state index >= 15 is 0 Å². The second-order valence-electron chi connectivity index (χ2n) is 11.4. The first kappa shape index (κ1) is 24.2. The van der Waals surface area contributed by atoms with Crippen LogP contribution in [0, 0.1) is 17.8 Å². The number of nitrogens with zero attached hydrogens (tertiary/aromatic N) is 1. The van der Waals surface area contributed by atoms with Crippen LogP contribution in [-0.4, -0.2) is 73.5 Å². The average Bonchev–Trinajstić information content (AvgIpc) is 3.50. The molecular weight excluding hydrogens is 440 g/mol. The van der Waals surface area contributed by atoms with Crippen LogP contribution in [0.3, 0.4) is 0 Å². The molecule has 9 heteroatoms. The second kappa shape index (κ2) is 11.1. The SMILES string of the molecule is NC(=O)C1CCN(C2CC(C3NOC([C@@H]4CCC[NH+]4CC4CCC(Cl)CC4)N3)CC[NH2+]2)CC1. The Bertz CT molecular complexity index is 655. The van der Waals surface area contributed by atoms with E-state index in [1.165, 1.54) is 58.0 Å². The molecule has 1 amide bonds. The molecule has 0 aromatic heterocycles. The third kappa shape index (κ3) is 5.85. The minimum absolute atomic E-state index is 0.0646. The number of piperidine rings is 2. The van der Waals surface area contributed by atoms with E-state index in [0.717, 1.165) is 44.8 Å². The van der Waals surface area contributed by atoms with Gasteiger partial charge in [-0.3, -0.25) is 19.8 Å². The van der Waals surface area contributed by atoms with Crippen LogP contribution in [0.5, 0.6) is 0 Å². The molecular formula is C24H45ClN6O2+2. The molecule has 188 valence electrons. The van der Waals surface area contributed by atoms with Crippen LogP contribution in [0.1, 0.15) is 64.2 Å². The van der Waals surface area contributed by atoms with E-state index in [-0.39, 0.29) is 24.2 Å². The van der Waals surface area contributed by atoms with Crippen molar-refractivity contribution >= 4 is 17.5 Å². The monoisotopic (exact) mass is 484 g/mol. The molecule has 8 nitrogen and oxygen atoms in total. The van der Waals surface area contributed by atoms with Gasteiger partial charge in [-0.15, -0.1) is 11.6 Å². The van der Waals surface area contributed by atoms with Gasteiger partial charge in [0, 0.05) is 61.9 Å². The highest BCUT2D eigenvalue weighted by Gasteiger charge is 2.45. The first-order valence-corrected chi connectivity index (χ1v) is 14.0. The second-order valence-corrected chi connectivity index (χ2v) is 12.0. The van der Waals surface area contributed by atoms with Crippen LogP contribution in [-0.2, 0) is 9.63 Å². The van der Waals surface area contributed by atoms with Crippen molar-refractivity contribution in [3.63, 3.8) is 0 Å². The van der Waals surface area contributed by atoms with Crippen molar-refractivity contribution in [1.29, 1.82) is 0 Å². The highest BCUT2D eigenvalue weighted by molar-refractivity contribution is 6.20. The van der Waals surface area contributed by atoms with E-state index in [4.69, 9.17) is 22.2 Å². The summed E-state index contributed by atoms with van der Waals surface area (Å²) >= 11 is 6.33. The Kier molecular flexibility index (Phi) is 8.12. The maximum atomic E-state index is 11.5. The zero-order valence-corrected chi connectivity index (χ0v) is 20.8. The van der Waals surface area contributed by atoms with Crippen molar-refractivity contribution in [3.05, 3.63) is 0 Å². The first-order valence-electron chi connectivity index (χ1n) is 13.6. The van der Waals surface area contributed by atoms with Crippen molar-refractivity contribution in [1.82, 2.24) is 15.7 Å². The molecule has 4 saturated heterocycles. The third-order valence-corrected chi connectivity index (χ3v) is 9.73. The number of alkyl halides is 1. The van der Waals surface area contributed by atoms with Gasteiger partial charge in [-0.05, 0) is 38.5 Å². The van der Waals surface area contributed by atoms with Crippen LogP contribution in [0.2, 0.25) is 0 Å². The lowest BCUT2D eigenvalue weighted by Gasteiger charge is -2.39. The molecule has 1 aliphatic carbocycles. The van der Waals surface area contributed by atoms with Crippen LogP contribution < -0.4 is 26.7 Å². The van der Waals surface area contributed by atoms with Gasteiger partial charge in [0.1, 0.15) is 12.2 Å². The molecule has 0 aromatic carbocycles. The van der Waals surface area contributed by atoms with Gasteiger partial charge in [-0.25, -0.2) is 0 Å². The number of hydrogen-bond acceptors (Lipinski definition) is 5. The lowest BCUT2D eigenvalue weighted by atomic mass is 9.88. The molecule has 0 radical (unpaired) electrons. The Labute approximate surface area is 203 Å².